The fraction of sp³-hybridized carbons (Fsp3) is 0.421. The van der Waals surface area contributed by atoms with Crippen molar-refractivity contribution < 1.29 is 8.42 Å². The number of hydrogen-bond donors (Lipinski definition) is 1. The van der Waals surface area contributed by atoms with Crippen molar-refractivity contribution in [2.75, 3.05) is 41.6 Å². The molecule has 1 saturated heterocycles. The van der Waals surface area contributed by atoms with E-state index >= 15 is 0 Å². The average molecular weight is 375 g/mol. The Bertz CT molecular complexity index is 786. The molecule has 140 valence electrons. The minimum Gasteiger partial charge on any atom is -0.354 e. The molecule has 1 aliphatic heterocycles. The fourth-order valence-electron chi connectivity index (χ4n) is 3.11. The summed E-state index contributed by atoms with van der Waals surface area (Å²) in [6, 6.07) is 13.7. The van der Waals surface area contributed by atoms with E-state index < -0.39 is 10.0 Å². The zero-order chi connectivity index (χ0) is 18.4. The van der Waals surface area contributed by atoms with Crippen molar-refractivity contribution in [2.24, 2.45) is 0 Å². The van der Waals surface area contributed by atoms with Crippen LogP contribution in [-0.4, -0.2) is 50.2 Å². The topological polar surface area (TPSA) is 65.5 Å². The number of aromatic nitrogens is 1. The van der Waals surface area contributed by atoms with E-state index in [0.29, 0.717) is 12.1 Å². The molecule has 0 saturated carbocycles. The molecule has 1 N–H and O–H groups in total. The number of piperazine rings is 1. The van der Waals surface area contributed by atoms with E-state index in [-0.39, 0.29) is 5.75 Å². The summed E-state index contributed by atoms with van der Waals surface area (Å²) < 4.78 is 26.3. The number of rotatable bonds is 7. The van der Waals surface area contributed by atoms with Crippen LogP contribution in [0.25, 0.3) is 0 Å². The van der Waals surface area contributed by atoms with E-state index in [0.717, 1.165) is 38.5 Å². The van der Waals surface area contributed by atoms with Crippen LogP contribution in [0.4, 0.5) is 11.5 Å². The highest BCUT2D eigenvalue weighted by molar-refractivity contribution is 7.92. The van der Waals surface area contributed by atoms with Crippen molar-refractivity contribution in [1.82, 2.24) is 9.88 Å². The lowest BCUT2D eigenvalue weighted by atomic mass is 10.2. The molecule has 0 unspecified atom stereocenters. The molecule has 3 rings (SSSR count). The molecule has 6 nitrogen and oxygen atoms in total. The first kappa shape index (κ1) is 18.7. The predicted octanol–water partition coefficient (Wildman–Crippen LogP) is 2.56. The van der Waals surface area contributed by atoms with Gasteiger partial charge in [0.1, 0.15) is 5.82 Å². The zero-order valence-corrected chi connectivity index (χ0v) is 16.0. The molecule has 26 heavy (non-hydrogen) atoms. The van der Waals surface area contributed by atoms with Crippen LogP contribution in [0.15, 0.2) is 48.7 Å². The highest BCUT2D eigenvalue weighted by atomic mass is 32.2. The van der Waals surface area contributed by atoms with Gasteiger partial charge in [0, 0.05) is 44.6 Å². The third-order valence-electron chi connectivity index (χ3n) is 4.45. The van der Waals surface area contributed by atoms with Crippen molar-refractivity contribution >= 4 is 21.5 Å². The molecule has 2 aromatic rings. The van der Waals surface area contributed by atoms with Gasteiger partial charge in [-0.2, -0.15) is 0 Å². The molecule has 0 amide bonds. The SMILES string of the molecule is CCCS(=O)(=O)Nc1ccc(CN2CCN(c3ccccn3)CC2)cc1. The van der Waals surface area contributed by atoms with Crippen molar-refractivity contribution in [3.05, 3.63) is 54.2 Å². The maximum atomic E-state index is 11.8. The lowest BCUT2D eigenvalue weighted by Crippen LogP contribution is -2.46. The van der Waals surface area contributed by atoms with Gasteiger partial charge in [-0.15, -0.1) is 0 Å². The number of nitrogens with one attached hydrogen (secondary N) is 1. The van der Waals surface area contributed by atoms with Crippen LogP contribution >= 0.6 is 0 Å². The first-order chi connectivity index (χ1) is 12.6. The molecule has 1 fully saturated rings. The molecular weight excluding hydrogens is 348 g/mol. The summed E-state index contributed by atoms with van der Waals surface area (Å²) >= 11 is 0. The van der Waals surface area contributed by atoms with Crippen LogP contribution in [0.3, 0.4) is 0 Å². The third kappa shape index (κ3) is 5.19. The molecule has 0 radical (unpaired) electrons. The van der Waals surface area contributed by atoms with E-state index in [1.54, 1.807) is 0 Å². The highest BCUT2D eigenvalue weighted by Gasteiger charge is 2.18. The molecule has 1 aliphatic rings. The molecule has 0 bridgehead atoms. The van der Waals surface area contributed by atoms with Gasteiger partial charge in [0.05, 0.1) is 5.75 Å². The van der Waals surface area contributed by atoms with Gasteiger partial charge < -0.3 is 4.90 Å². The number of nitrogens with zero attached hydrogens (tertiary/aromatic N) is 3. The Morgan fingerprint density at radius 1 is 1.04 bits per heavy atom. The van der Waals surface area contributed by atoms with Gasteiger partial charge in [-0.25, -0.2) is 13.4 Å². The lowest BCUT2D eigenvalue weighted by molar-refractivity contribution is 0.249. The summed E-state index contributed by atoms with van der Waals surface area (Å²) in [7, 11) is -3.23. The molecular formula is C19H26N4O2S. The van der Waals surface area contributed by atoms with Crippen LogP contribution in [0.5, 0.6) is 0 Å². The van der Waals surface area contributed by atoms with E-state index in [9.17, 15) is 8.42 Å². The van der Waals surface area contributed by atoms with Crippen LogP contribution in [-0.2, 0) is 16.6 Å². The number of pyridine rings is 1. The summed E-state index contributed by atoms with van der Waals surface area (Å²) in [5, 5.41) is 0. The van der Waals surface area contributed by atoms with Crippen molar-refractivity contribution in [2.45, 2.75) is 19.9 Å². The van der Waals surface area contributed by atoms with Gasteiger partial charge in [0.25, 0.3) is 0 Å². The maximum Gasteiger partial charge on any atom is 0.232 e. The van der Waals surface area contributed by atoms with Crippen LogP contribution in [0.2, 0.25) is 0 Å². The van der Waals surface area contributed by atoms with Gasteiger partial charge in [-0.3, -0.25) is 9.62 Å². The fourth-order valence-corrected chi connectivity index (χ4v) is 4.25. The normalized spacial score (nSPS) is 15.8. The van der Waals surface area contributed by atoms with E-state index in [1.165, 1.54) is 5.56 Å². The first-order valence-corrected chi connectivity index (χ1v) is 10.7. The van der Waals surface area contributed by atoms with Gasteiger partial charge in [0.2, 0.25) is 10.0 Å². The van der Waals surface area contributed by atoms with Crippen LogP contribution < -0.4 is 9.62 Å². The Morgan fingerprint density at radius 2 is 1.77 bits per heavy atom. The van der Waals surface area contributed by atoms with Crippen molar-refractivity contribution in [1.29, 1.82) is 0 Å². The standard InChI is InChI=1S/C19H26N4O2S/c1-2-15-26(24,25)21-18-8-6-17(7-9-18)16-22-11-13-23(14-12-22)19-5-3-4-10-20-19/h3-10,21H,2,11-16H2,1H3. The Morgan fingerprint density at radius 3 is 2.38 bits per heavy atom. The predicted molar refractivity (Wildman–Crippen MR) is 106 cm³/mol. The van der Waals surface area contributed by atoms with E-state index in [2.05, 4.69) is 19.5 Å². The summed E-state index contributed by atoms with van der Waals surface area (Å²) in [5.41, 5.74) is 1.82. The third-order valence-corrected chi connectivity index (χ3v) is 5.94. The van der Waals surface area contributed by atoms with E-state index in [4.69, 9.17) is 0 Å². The second kappa shape index (κ2) is 8.51. The maximum absolute atomic E-state index is 11.8. The van der Waals surface area contributed by atoms with Crippen LogP contribution in [0.1, 0.15) is 18.9 Å². The molecule has 1 aromatic carbocycles. The highest BCUT2D eigenvalue weighted by Crippen LogP contribution is 2.16. The molecule has 0 atom stereocenters. The molecule has 7 heteroatoms. The van der Waals surface area contributed by atoms with E-state index in [1.807, 2.05) is 55.6 Å². The smallest absolute Gasteiger partial charge is 0.232 e. The number of anilines is 2. The Labute approximate surface area is 155 Å². The Balaban J connectivity index is 1.51. The second-order valence-corrected chi connectivity index (χ2v) is 8.41. The molecule has 0 aliphatic carbocycles. The van der Waals surface area contributed by atoms with Gasteiger partial charge in [0.15, 0.2) is 0 Å². The summed E-state index contributed by atoms with van der Waals surface area (Å²) in [4.78, 5) is 9.13. The van der Waals surface area contributed by atoms with Gasteiger partial charge in [-0.1, -0.05) is 25.1 Å². The second-order valence-electron chi connectivity index (χ2n) is 6.57. The van der Waals surface area contributed by atoms with Crippen molar-refractivity contribution in [3.8, 4) is 0 Å². The number of benzene rings is 1. The minimum atomic E-state index is -3.23. The molecule has 2 heterocycles. The summed E-state index contributed by atoms with van der Waals surface area (Å²) in [5.74, 6) is 1.19. The quantitative estimate of drug-likeness (QED) is 0.807. The van der Waals surface area contributed by atoms with Gasteiger partial charge in [-0.05, 0) is 36.2 Å². The largest absolute Gasteiger partial charge is 0.354 e. The average Bonchev–Trinajstić information content (AvgIpc) is 2.64. The first-order valence-electron chi connectivity index (χ1n) is 9.03. The number of hydrogen-bond acceptors (Lipinski definition) is 5. The monoisotopic (exact) mass is 374 g/mol. The Hall–Kier alpha value is -2.12. The molecule has 0 spiro atoms. The zero-order valence-electron chi connectivity index (χ0n) is 15.1. The Kier molecular flexibility index (Phi) is 6.11. The summed E-state index contributed by atoms with van der Waals surface area (Å²) in [6.07, 6.45) is 2.44. The van der Waals surface area contributed by atoms with Crippen LogP contribution in [0, 0.1) is 0 Å². The van der Waals surface area contributed by atoms with Crippen molar-refractivity contribution in [3.63, 3.8) is 0 Å². The minimum absolute atomic E-state index is 0.148. The lowest BCUT2D eigenvalue weighted by Gasteiger charge is -2.35. The number of sulfonamides is 1. The molecule has 1 aromatic heterocycles. The summed E-state index contributed by atoms with van der Waals surface area (Å²) in [6.45, 7) is 6.63. The van der Waals surface area contributed by atoms with Gasteiger partial charge >= 0.3 is 0 Å².